The lowest BCUT2D eigenvalue weighted by molar-refractivity contribution is -0.121. The smallest absolute Gasteiger partial charge is 0.321 e. The average molecular weight is 263 g/mol. The Morgan fingerprint density at radius 1 is 1.29 bits per heavy atom. The Labute approximate surface area is 104 Å². The molecular formula is C10H21N3O3S. The molecule has 0 saturated heterocycles. The average Bonchev–Trinajstić information content (AvgIpc) is 2.25. The summed E-state index contributed by atoms with van der Waals surface area (Å²) in [5.74, 6) is -0.398. The zero-order valence-electron chi connectivity index (χ0n) is 10.7. The van der Waals surface area contributed by atoms with Gasteiger partial charge in [-0.3, -0.25) is 14.3 Å². The third-order valence-electron chi connectivity index (χ3n) is 2.25. The molecule has 6 nitrogen and oxygen atoms in total. The zero-order chi connectivity index (χ0) is 13.4. The molecule has 0 rings (SSSR count). The maximum atomic E-state index is 11.5. The molecule has 3 N–H and O–H groups in total. The van der Waals surface area contributed by atoms with Gasteiger partial charge in [-0.15, -0.1) is 0 Å². The van der Waals surface area contributed by atoms with Crippen LogP contribution in [0.1, 0.15) is 20.8 Å². The van der Waals surface area contributed by atoms with E-state index < -0.39 is 28.8 Å². The second-order valence-corrected chi connectivity index (χ2v) is 5.59. The Bertz CT molecular complexity index is 297. The highest BCUT2D eigenvalue weighted by molar-refractivity contribution is 7.84. The predicted molar refractivity (Wildman–Crippen MR) is 68.2 cm³/mol. The Balaban J connectivity index is 3.97. The lowest BCUT2D eigenvalue weighted by Crippen LogP contribution is -2.49. The lowest BCUT2D eigenvalue weighted by Gasteiger charge is -2.15. The molecule has 0 fully saturated rings. The lowest BCUT2D eigenvalue weighted by atomic mass is 10.3. The molecule has 0 aromatic carbocycles. The number of urea groups is 1. The predicted octanol–water partition coefficient (Wildman–Crippen LogP) is -0.423. The highest BCUT2D eigenvalue weighted by Crippen LogP contribution is 1.91. The first-order valence-corrected chi connectivity index (χ1v) is 7.14. The standard InChI is InChI=1S/C10H21N3O3S/c1-5-11-10(15)13-9(14)8(3)12-6-7(2)17(4)16/h7-8,12H,5-6H2,1-4H3,(H2,11,13,14,15). The molecule has 0 aliphatic heterocycles. The van der Waals surface area contributed by atoms with E-state index in [1.165, 1.54) is 0 Å². The quantitative estimate of drug-likeness (QED) is 0.607. The van der Waals surface area contributed by atoms with Crippen LogP contribution in [0.15, 0.2) is 0 Å². The minimum Gasteiger partial charge on any atom is -0.338 e. The first kappa shape index (κ1) is 16.1. The fraction of sp³-hybridized carbons (Fsp3) is 0.800. The van der Waals surface area contributed by atoms with Gasteiger partial charge in [-0.25, -0.2) is 4.79 Å². The number of hydrogen-bond donors (Lipinski definition) is 3. The minimum absolute atomic E-state index is 0.0327. The SMILES string of the molecule is CCNC(=O)NC(=O)C(C)NCC(C)S(C)=O. The Morgan fingerprint density at radius 2 is 1.88 bits per heavy atom. The van der Waals surface area contributed by atoms with Gasteiger partial charge in [-0.1, -0.05) is 0 Å². The fourth-order valence-corrected chi connectivity index (χ4v) is 1.31. The van der Waals surface area contributed by atoms with Crippen molar-refractivity contribution in [2.75, 3.05) is 19.3 Å². The van der Waals surface area contributed by atoms with Gasteiger partial charge in [0.15, 0.2) is 0 Å². The zero-order valence-corrected chi connectivity index (χ0v) is 11.5. The van der Waals surface area contributed by atoms with Crippen LogP contribution in [-0.2, 0) is 15.6 Å². The summed E-state index contributed by atoms with van der Waals surface area (Å²) < 4.78 is 11.1. The van der Waals surface area contributed by atoms with E-state index in [9.17, 15) is 13.8 Å². The van der Waals surface area contributed by atoms with Gasteiger partial charge < -0.3 is 10.6 Å². The summed E-state index contributed by atoms with van der Waals surface area (Å²) in [6.07, 6.45) is 1.62. The molecule has 7 heteroatoms. The summed E-state index contributed by atoms with van der Waals surface area (Å²) >= 11 is 0. The van der Waals surface area contributed by atoms with Crippen LogP contribution in [0.25, 0.3) is 0 Å². The molecule has 100 valence electrons. The summed E-state index contributed by atoms with van der Waals surface area (Å²) in [5.41, 5.74) is 0. The molecule has 0 aliphatic rings. The molecule has 0 aromatic rings. The topological polar surface area (TPSA) is 87.3 Å². The van der Waals surface area contributed by atoms with Crippen LogP contribution in [0, 0.1) is 0 Å². The van der Waals surface area contributed by atoms with E-state index in [0.717, 1.165) is 0 Å². The van der Waals surface area contributed by atoms with Crippen molar-refractivity contribution >= 4 is 22.7 Å². The van der Waals surface area contributed by atoms with E-state index in [-0.39, 0.29) is 5.25 Å². The summed E-state index contributed by atoms with van der Waals surface area (Å²) in [4.78, 5) is 22.6. The van der Waals surface area contributed by atoms with Crippen molar-refractivity contribution in [1.29, 1.82) is 0 Å². The molecule has 17 heavy (non-hydrogen) atoms. The first-order valence-electron chi connectivity index (χ1n) is 5.52. The summed E-state index contributed by atoms with van der Waals surface area (Å²) in [6.45, 7) is 6.18. The second-order valence-electron chi connectivity index (χ2n) is 3.79. The monoisotopic (exact) mass is 263 g/mol. The van der Waals surface area contributed by atoms with Crippen LogP contribution >= 0.6 is 0 Å². The van der Waals surface area contributed by atoms with Crippen molar-refractivity contribution in [2.24, 2.45) is 0 Å². The highest BCUT2D eigenvalue weighted by Gasteiger charge is 2.16. The van der Waals surface area contributed by atoms with E-state index in [1.54, 1.807) is 20.1 Å². The van der Waals surface area contributed by atoms with Gasteiger partial charge in [0.05, 0.1) is 6.04 Å². The largest absolute Gasteiger partial charge is 0.338 e. The number of carbonyl (C=O) groups is 2. The Morgan fingerprint density at radius 3 is 2.35 bits per heavy atom. The number of carbonyl (C=O) groups excluding carboxylic acids is 2. The molecule has 0 heterocycles. The van der Waals surface area contributed by atoms with Gasteiger partial charge in [-0.2, -0.15) is 0 Å². The molecule has 0 aliphatic carbocycles. The second kappa shape index (κ2) is 8.19. The Kier molecular flexibility index (Phi) is 7.73. The maximum Gasteiger partial charge on any atom is 0.321 e. The van der Waals surface area contributed by atoms with Gasteiger partial charge >= 0.3 is 6.03 Å². The summed E-state index contributed by atoms with van der Waals surface area (Å²) in [5, 5.41) is 7.57. The normalized spacial score (nSPS) is 15.8. The van der Waals surface area contributed by atoms with E-state index in [4.69, 9.17) is 0 Å². The fourth-order valence-electron chi connectivity index (χ4n) is 0.978. The summed E-state index contributed by atoms with van der Waals surface area (Å²) in [6, 6.07) is -0.998. The summed E-state index contributed by atoms with van der Waals surface area (Å²) in [7, 11) is -0.927. The van der Waals surface area contributed by atoms with E-state index in [0.29, 0.717) is 13.1 Å². The minimum atomic E-state index is -0.927. The van der Waals surface area contributed by atoms with Crippen molar-refractivity contribution < 1.29 is 13.8 Å². The number of nitrogens with one attached hydrogen (secondary N) is 3. The molecular weight excluding hydrogens is 242 g/mol. The van der Waals surface area contributed by atoms with Gasteiger partial charge in [0.2, 0.25) is 5.91 Å². The molecule has 0 spiro atoms. The molecule has 0 radical (unpaired) electrons. The molecule has 3 amide bonds. The van der Waals surface area contributed by atoms with Crippen molar-refractivity contribution in [1.82, 2.24) is 16.0 Å². The van der Waals surface area contributed by atoms with Gasteiger partial charge in [0, 0.05) is 35.4 Å². The van der Waals surface area contributed by atoms with Crippen LogP contribution in [-0.4, -0.2) is 46.8 Å². The van der Waals surface area contributed by atoms with Crippen LogP contribution in [0.2, 0.25) is 0 Å². The number of amides is 3. The van der Waals surface area contributed by atoms with Crippen molar-refractivity contribution in [3.63, 3.8) is 0 Å². The van der Waals surface area contributed by atoms with Crippen LogP contribution in [0.5, 0.6) is 0 Å². The molecule has 0 aromatic heterocycles. The molecule has 0 bridgehead atoms. The van der Waals surface area contributed by atoms with Crippen LogP contribution in [0.3, 0.4) is 0 Å². The maximum absolute atomic E-state index is 11.5. The van der Waals surface area contributed by atoms with Crippen LogP contribution in [0.4, 0.5) is 4.79 Å². The number of imide groups is 1. The third-order valence-corrected chi connectivity index (χ3v) is 3.55. The van der Waals surface area contributed by atoms with Crippen molar-refractivity contribution in [3.8, 4) is 0 Å². The van der Waals surface area contributed by atoms with Crippen LogP contribution < -0.4 is 16.0 Å². The highest BCUT2D eigenvalue weighted by atomic mass is 32.2. The van der Waals surface area contributed by atoms with Gasteiger partial charge in [-0.05, 0) is 20.8 Å². The van der Waals surface area contributed by atoms with Gasteiger partial charge in [0.25, 0.3) is 0 Å². The third kappa shape index (κ3) is 7.06. The van der Waals surface area contributed by atoms with E-state index in [2.05, 4.69) is 16.0 Å². The Hall–Kier alpha value is -0.950. The van der Waals surface area contributed by atoms with E-state index in [1.807, 2.05) is 6.92 Å². The molecule has 0 saturated carbocycles. The van der Waals surface area contributed by atoms with E-state index >= 15 is 0 Å². The van der Waals surface area contributed by atoms with Crippen molar-refractivity contribution in [3.05, 3.63) is 0 Å². The van der Waals surface area contributed by atoms with Crippen molar-refractivity contribution in [2.45, 2.75) is 32.1 Å². The van der Waals surface area contributed by atoms with Gasteiger partial charge in [0.1, 0.15) is 0 Å². The number of hydrogen-bond acceptors (Lipinski definition) is 4. The molecule has 3 unspecified atom stereocenters. The first-order chi connectivity index (χ1) is 7.88. The molecule has 3 atom stereocenters. The number of rotatable bonds is 6.